The molecule has 2 aromatic rings. The summed E-state index contributed by atoms with van der Waals surface area (Å²) in [5.74, 6) is 2.46. The fourth-order valence-electron chi connectivity index (χ4n) is 5.29. The highest BCUT2D eigenvalue weighted by atomic mass is 16.5. The Kier molecular flexibility index (Phi) is 5.76. The zero-order valence-corrected chi connectivity index (χ0v) is 18.4. The first-order valence-corrected chi connectivity index (χ1v) is 12.0. The van der Waals surface area contributed by atoms with E-state index in [2.05, 4.69) is 29.1 Å². The molecule has 0 radical (unpaired) electrons. The molecule has 5 nitrogen and oxygen atoms in total. The van der Waals surface area contributed by atoms with Crippen molar-refractivity contribution in [3.63, 3.8) is 0 Å². The maximum atomic E-state index is 9.74. The van der Waals surface area contributed by atoms with Crippen LogP contribution in [-0.4, -0.2) is 48.0 Å². The van der Waals surface area contributed by atoms with E-state index in [-0.39, 0.29) is 5.41 Å². The number of benzene rings is 1. The van der Waals surface area contributed by atoms with Gasteiger partial charge in [-0.25, -0.2) is 0 Å². The topological polar surface area (TPSA) is 58.7 Å². The third kappa shape index (κ3) is 4.24. The lowest BCUT2D eigenvalue weighted by Crippen LogP contribution is -2.47. The molecular weight excluding hydrogens is 376 g/mol. The number of hydrogen-bond donors (Lipinski definition) is 1. The fourth-order valence-corrected chi connectivity index (χ4v) is 5.29. The highest BCUT2D eigenvalue weighted by Crippen LogP contribution is 2.41. The molecule has 5 rings (SSSR count). The lowest BCUT2D eigenvalue weighted by atomic mass is 9.69. The largest absolute Gasteiger partial charge is 0.493 e. The van der Waals surface area contributed by atoms with Crippen molar-refractivity contribution in [2.45, 2.75) is 64.7 Å². The number of hydrogen-bond acceptors (Lipinski definition) is 5. The Hall–Kier alpha value is -1.59. The van der Waals surface area contributed by atoms with E-state index in [4.69, 9.17) is 9.26 Å². The van der Waals surface area contributed by atoms with Gasteiger partial charge in [0.1, 0.15) is 5.75 Å². The van der Waals surface area contributed by atoms with Gasteiger partial charge in [0.15, 0.2) is 5.58 Å². The Morgan fingerprint density at radius 2 is 1.97 bits per heavy atom. The van der Waals surface area contributed by atoms with Gasteiger partial charge in [0, 0.05) is 29.5 Å². The summed E-state index contributed by atoms with van der Waals surface area (Å²) in [7, 11) is 0. The smallest absolute Gasteiger partial charge is 0.173 e. The van der Waals surface area contributed by atoms with Crippen LogP contribution in [0.4, 0.5) is 0 Å². The van der Waals surface area contributed by atoms with E-state index in [0.29, 0.717) is 6.61 Å². The average molecular weight is 413 g/mol. The molecule has 2 heterocycles. The van der Waals surface area contributed by atoms with E-state index in [0.717, 1.165) is 59.4 Å². The van der Waals surface area contributed by atoms with E-state index in [1.54, 1.807) is 0 Å². The fraction of sp³-hybridized carbons (Fsp3) is 0.720. The number of nitrogens with zero attached hydrogens (tertiary/aromatic N) is 2. The molecule has 5 heteroatoms. The Morgan fingerprint density at radius 3 is 2.63 bits per heavy atom. The SMILES string of the molecule is Cc1c(OCC2CC2)ccc2c(CCC3CCN(CC4(CO)CCC4)CC3)noc12. The van der Waals surface area contributed by atoms with Crippen LogP contribution < -0.4 is 4.74 Å². The van der Waals surface area contributed by atoms with Crippen molar-refractivity contribution in [2.75, 3.05) is 32.8 Å². The summed E-state index contributed by atoms with van der Waals surface area (Å²) in [6, 6.07) is 4.22. The van der Waals surface area contributed by atoms with Gasteiger partial charge in [-0.2, -0.15) is 0 Å². The summed E-state index contributed by atoms with van der Waals surface area (Å²) < 4.78 is 11.7. The minimum absolute atomic E-state index is 0.214. The summed E-state index contributed by atoms with van der Waals surface area (Å²) in [6.45, 7) is 6.70. The van der Waals surface area contributed by atoms with Crippen molar-refractivity contribution in [3.05, 3.63) is 23.4 Å². The van der Waals surface area contributed by atoms with Gasteiger partial charge < -0.3 is 19.3 Å². The van der Waals surface area contributed by atoms with Crippen LogP contribution in [0.2, 0.25) is 0 Å². The summed E-state index contributed by atoms with van der Waals surface area (Å²) in [5.41, 5.74) is 3.28. The van der Waals surface area contributed by atoms with Crippen LogP contribution >= 0.6 is 0 Å². The number of ether oxygens (including phenoxy) is 1. The quantitative estimate of drug-likeness (QED) is 0.645. The first kappa shape index (κ1) is 20.3. The van der Waals surface area contributed by atoms with E-state index in [1.807, 2.05) is 0 Å². The van der Waals surface area contributed by atoms with Crippen LogP contribution in [0, 0.1) is 24.2 Å². The molecule has 30 heavy (non-hydrogen) atoms. The predicted octanol–water partition coefficient (Wildman–Crippen LogP) is 4.73. The first-order valence-electron chi connectivity index (χ1n) is 12.0. The van der Waals surface area contributed by atoms with Gasteiger partial charge in [-0.1, -0.05) is 11.6 Å². The minimum Gasteiger partial charge on any atom is -0.493 e. The van der Waals surface area contributed by atoms with Crippen LogP contribution in [0.3, 0.4) is 0 Å². The van der Waals surface area contributed by atoms with Gasteiger partial charge in [-0.3, -0.25) is 0 Å². The molecule has 1 aromatic heterocycles. The maximum Gasteiger partial charge on any atom is 0.173 e. The number of rotatable bonds is 9. The molecule has 164 valence electrons. The molecule has 1 aliphatic heterocycles. The van der Waals surface area contributed by atoms with Crippen molar-refractivity contribution >= 4 is 11.0 Å². The highest BCUT2D eigenvalue weighted by Gasteiger charge is 2.38. The summed E-state index contributed by atoms with van der Waals surface area (Å²) in [5, 5.41) is 15.3. The number of piperidine rings is 1. The summed E-state index contributed by atoms with van der Waals surface area (Å²) >= 11 is 0. The minimum atomic E-state index is 0.214. The van der Waals surface area contributed by atoms with Crippen molar-refractivity contribution in [1.82, 2.24) is 10.1 Å². The van der Waals surface area contributed by atoms with Crippen LogP contribution in [0.15, 0.2) is 16.7 Å². The molecule has 1 saturated heterocycles. The number of fused-ring (bicyclic) bond motifs is 1. The number of aryl methyl sites for hydroxylation is 2. The van der Waals surface area contributed by atoms with Crippen molar-refractivity contribution < 1.29 is 14.4 Å². The third-order valence-corrected chi connectivity index (χ3v) is 7.89. The lowest BCUT2D eigenvalue weighted by Gasteiger charge is -2.45. The Labute approximate surface area is 179 Å². The molecule has 1 N–H and O–H groups in total. The molecule has 0 amide bonds. The van der Waals surface area contributed by atoms with Crippen LogP contribution in [0.1, 0.15) is 62.6 Å². The zero-order valence-electron chi connectivity index (χ0n) is 18.4. The molecule has 2 aliphatic carbocycles. The zero-order chi connectivity index (χ0) is 20.6. The second-order valence-corrected chi connectivity index (χ2v) is 10.2. The Balaban J connectivity index is 1.13. The average Bonchev–Trinajstić information content (AvgIpc) is 3.48. The molecule has 0 bridgehead atoms. The Morgan fingerprint density at radius 1 is 1.17 bits per heavy atom. The van der Waals surface area contributed by atoms with Crippen molar-refractivity contribution in [3.8, 4) is 5.75 Å². The Bertz CT molecular complexity index is 855. The third-order valence-electron chi connectivity index (χ3n) is 7.89. The van der Waals surface area contributed by atoms with E-state index < -0.39 is 0 Å². The van der Waals surface area contributed by atoms with Gasteiger partial charge in [-0.05, 0) is 95.3 Å². The monoisotopic (exact) mass is 412 g/mol. The highest BCUT2D eigenvalue weighted by molar-refractivity contribution is 5.84. The van der Waals surface area contributed by atoms with Gasteiger partial charge in [0.2, 0.25) is 0 Å². The molecule has 3 aliphatic rings. The van der Waals surface area contributed by atoms with Crippen LogP contribution in [-0.2, 0) is 6.42 Å². The van der Waals surface area contributed by atoms with E-state index >= 15 is 0 Å². The van der Waals surface area contributed by atoms with E-state index in [1.165, 1.54) is 64.5 Å². The molecule has 0 spiro atoms. The van der Waals surface area contributed by atoms with Gasteiger partial charge in [-0.15, -0.1) is 0 Å². The summed E-state index contributed by atoms with van der Waals surface area (Å²) in [6.07, 6.45) is 11.0. The summed E-state index contributed by atoms with van der Waals surface area (Å²) in [4.78, 5) is 2.59. The van der Waals surface area contributed by atoms with Gasteiger partial charge in [0.05, 0.1) is 12.3 Å². The number of aliphatic hydroxyl groups is 1. The second kappa shape index (κ2) is 8.51. The number of aliphatic hydroxyl groups excluding tert-OH is 1. The first-order chi connectivity index (χ1) is 14.7. The molecular formula is C25H36N2O3. The molecule has 3 fully saturated rings. The normalized spacial score (nSPS) is 22.3. The molecule has 0 unspecified atom stereocenters. The van der Waals surface area contributed by atoms with Crippen LogP contribution in [0.5, 0.6) is 5.75 Å². The maximum absolute atomic E-state index is 9.74. The van der Waals surface area contributed by atoms with Gasteiger partial charge >= 0.3 is 0 Å². The molecule has 0 atom stereocenters. The molecule has 2 saturated carbocycles. The van der Waals surface area contributed by atoms with Gasteiger partial charge in [0.25, 0.3) is 0 Å². The second-order valence-electron chi connectivity index (χ2n) is 10.2. The van der Waals surface area contributed by atoms with Crippen molar-refractivity contribution in [2.24, 2.45) is 17.3 Å². The molecule has 1 aromatic carbocycles. The van der Waals surface area contributed by atoms with Crippen molar-refractivity contribution in [1.29, 1.82) is 0 Å². The predicted molar refractivity (Wildman–Crippen MR) is 118 cm³/mol. The van der Waals surface area contributed by atoms with E-state index in [9.17, 15) is 5.11 Å². The van der Waals surface area contributed by atoms with Crippen LogP contribution in [0.25, 0.3) is 11.0 Å². The number of likely N-dealkylation sites (tertiary alicyclic amines) is 1. The lowest BCUT2D eigenvalue weighted by molar-refractivity contribution is -0.00152. The number of aromatic nitrogens is 1. The standard InChI is InChI=1S/C25H36N2O3/c1-18-23(29-15-20-3-4-20)8-6-21-22(26-30-24(18)21)7-5-19-9-13-27(14-10-19)16-25(17-28)11-2-12-25/h6,8,19-20,28H,2-5,7,9-17H2,1H3.